The second kappa shape index (κ2) is 4.83. The summed E-state index contributed by atoms with van der Waals surface area (Å²) in [5.41, 5.74) is 1.13. The van der Waals surface area contributed by atoms with Gasteiger partial charge < -0.3 is 21.8 Å². The predicted molar refractivity (Wildman–Crippen MR) is 48.3 cm³/mol. The van der Waals surface area contributed by atoms with E-state index < -0.39 is 7.25 Å². The van der Waals surface area contributed by atoms with E-state index in [9.17, 15) is 17.3 Å². The zero-order chi connectivity index (χ0) is 11.4. The number of rotatable bonds is 1. The van der Waals surface area contributed by atoms with Gasteiger partial charge in [0.2, 0.25) is 0 Å². The Labute approximate surface area is 79.4 Å². The van der Waals surface area contributed by atoms with Crippen molar-refractivity contribution in [3.8, 4) is 0 Å². The van der Waals surface area contributed by atoms with E-state index in [1.54, 1.807) is 6.20 Å². The van der Waals surface area contributed by atoms with Crippen LogP contribution in [0.15, 0.2) is 12.8 Å². The molecule has 0 aliphatic heterocycles. The van der Waals surface area contributed by atoms with E-state index in [1.165, 1.54) is 0 Å². The minimum Gasteiger partial charge on any atom is -0.418 e. The Morgan fingerprint density at radius 2 is 1.79 bits per heavy atom. The average molecular weight is 209 g/mol. The fourth-order valence-electron chi connectivity index (χ4n) is 0.843. The van der Waals surface area contributed by atoms with Gasteiger partial charge in [0.15, 0.2) is 0 Å². The van der Waals surface area contributed by atoms with Crippen LogP contribution in [0.5, 0.6) is 0 Å². The Kier molecular flexibility index (Phi) is 4.39. The molecule has 0 spiro atoms. The van der Waals surface area contributed by atoms with Crippen LogP contribution in [-0.4, -0.2) is 16.8 Å². The Hall–Kier alpha value is -1.27. The number of hydrogen-bond acceptors (Lipinski definition) is 1. The highest BCUT2D eigenvalue weighted by Crippen LogP contribution is 2.06. The Morgan fingerprint density at radius 1 is 1.36 bits per heavy atom. The van der Waals surface area contributed by atoms with E-state index in [0.717, 1.165) is 11.5 Å². The fraction of sp³-hybridized carbons (Fsp3) is 0.286. The molecule has 0 radical (unpaired) electrons. The number of hydrogen-bond donors (Lipinski definition) is 0. The van der Waals surface area contributed by atoms with Crippen molar-refractivity contribution in [3.05, 3.63) is 24.3 Å². The normalized spacial score (nSPS) is 10.4. The molecule has 14 heavy (non-hydrogen) atoms. The van der Waals surface area contributed by atoms with Crippen LogP contribution < -0.4 is 0 Å². The van der Waals surface area contributed by atoms with E-state index in [-0.39, 0.29) is 0 Å². The Morgan fingerprint density at radius 3 is 1.93 bits per heavy atom. The summed E-state index contributed by atoms with van der Waals surface area (Å²) in [7, 11) is -6.00. The highest BCUT2D eigenvalue weighted by Gasteiger charge is 2.20. The molecule has 80 valence electrons. The van der Waals surface area contributed by atoms with Crippen molar-refractivity contribution in [2.24, 2.45) is 0 Å². The van der Waals surface area contributed by atoms with Crippen molar-refractivity contribution < 1.29 is 17.3 Å². The number of halogens is 4. The van der Waals surface area contributed by atoms with Crippen molar-refractivity contribution in [1.82, 2.24) is 9.55 Å². The molecule has 2 nitrogen and oxygen atoms in total. The first kappa shape index (κ1) is 12.7. The summed E-state index contributed by atoms with van der Waals surface area (Å²) in [6.07, 6.45) is 3.59. The van der Waals surface area contributed by atoms with Crippen LogP contribution in [0.25, 0.3) is 6.20 Å². The zero-order valence-corrected chi connectivity index (χ0v) is 7.85. The quantitative estimate of drug-likeness (QED) is 0.513. The largest absolute Gasteiger partial charge is 0.673 e. The maximum Gasteiger partial charge on any atom is 0.673 e. The van der Waals surface area contributed by atoms with Gasteiger partial charge in [-0.1, -0.05) is 6.58 Å². The standard InChI is InChI=1S/C7H10N2.BF4/c1-4-9-6(2)5-8-7(9)3;2-1(3,4)5/h4-5H,1H2,2-3H3;/q;-1. The number of nitrogens with zero attached hydrogens (tertiary/aromatic N) is 2. The van der Waals surface area contributed by atoms with E-state index >= 15 is 0 Å². The molecule has 0 aliphatic carbocycles. The van der Waals surface area contributed by atoms with E-state index in [2.05, 4.69) is 11.6 Å². The van der Waals surface area contributed by atoms with Gasteiger partial charge in [0.25, 0.3) is 0 Å². The first-order chi connectivity index (χ1) is 6.25. The smallest absolute Gasteiger partial charge is 0.418 e. The van der Waals surface area contributed by atoms with Gasteiger partial charge in [-0.05, 0) is 13.8 Å². The molecular formula is C7H10BF4N2-. The molecule has 1 aromatic rings. The third kappa shape index (κ3) is 5.39. The molecule has 0 saturated heterocycles. The predicted octanol–water partition coefficient (Wildman–Crippen LogP) is 2.90. The van der Waals surface area contributed by atoms with Crippen molar-refractivity contribution in [1.29, 1.82) is 0 Å². The van der Waals surface area contributed by atoms with Gasteiger partial charge in [-0.15, -0.1) is 0 Å². The fourth-order valence-corrected chi connectivity index (χ4v) is 0.843. The third-order valence-corrected chi connectivity index (χ3v) is 1.35. The summed E-state index contributed by atoms with van der Waals surface area (Å²) >= 11 is 0. The van der Waals surface area contributed by atoms with Gasteiger partial charge in [0.1, 0.15) is 5.82 Å². The number of aromatic nitrogens is 2. The van der Waals surface area contributed by atoms with E-state index in [1.807, 2.05) is 24.6 Å². The summed E-state index contributed by atoms with van der Waals surface area (Å²) < 4.78 is 40.9. The third-order valence-electron chi connectivity index (χ3n) is 1.35. The van der Waals surface area contributed by atoms with Crippen molar-refractivity contribution >= 4 is 13.5 Å². The molecule has 0 amide bonds. The van der Waals surface area contributed by atoms with Crippen LogP contribution in [0, 0.1) is 13.8 Å². The van der Waals surface area contributed by atoms with E-state index in [4.69, 9.17) is 0 Å². The molecule has 0 atom stereocenters. The second-order valence-corrected chi connectivity index (χ2v) is 2.49. The summed E-state index contributed by atoms with van der Waals surface area (Å²) in [6.45, 7) is 7.60. The van der Waals surface area contributed by atoms with Gasteiger partial charge in [0, 0.05) is 18.1 Å². The van der Waals surface area contributed by atoms with Gasteiger partial charge >= 0.3 is 7.25 Å². The Bertz CT molecular complexity index is 280. The molecule has 0 N–H and O–H groups in total. The number of aryl methyl sites for hydroxylation is 2. The lowest BCUT2D eigenvalue weighted by atomic mass is 10.3. The summed E-state index contributed by atoms with van der Waals surface area (Å²) in [5.74, 6) is 0.988. The van der Waals surface area contributed by atoms with Crippen molar-refractivity contribution in [2.45, 2.75) is 13.8 Å². The van der Waals surface area contributed by atoms with Crippen LogP contribution in [0.3, 0.4) is 0 Å². The molecule has 0 bridgehead atoms. The van der Waals surface area contributed by atoms with Gasteiger partial charge in [-0.25, -0.2) is 4.98 Å². The molecule has 0 saturated carbocycles. The highest BCUT2D eigenvalue weighted by atomic mass is 19.5. The summed E-state index contributed by atoms with van der Waals surface area (Å²) in [6, 6.07) is 0. The van der Waals surface area contributed by atoms with Crippen LogP contribution in [0.4, 0.5) is 17.3 Å². The first-order valence-electron chi connectivity index (χ1n) is 3.76. The molecule has 0 fully saturated rings. The number of imidazole rings is 1. The lowest BCUT2D eigenvalue weighted by Crippen LogP contribution is -2.02. The molecule has 7 heteroatoms. The average Bonchev–Trinajstić information content (AvgIpc) is 2.27. The summed E-state index contributed by atoms with van der Waals surface area (Å²) in [4.78, 5) is 4.08. The molecule has 0 aromatic carbocycles. The highest BCUT2D eigenvalue weighted by molar-refractivity contribution is 6.50. The lowest BCUT2D eigenvalue weighted by Gasteiger charge is -1.95. The Balaban J connectivity index is 0.000000292. The van der Waals surface area contributed by atoms with Crippen LogP contribution >= 0.6 is 0 Å². The van der Waals surface area contributed by atoms with E-state index in [0.29, 0.717) is 0 Å². The topological polar surface area (TPSA) is 17.8 Å². The van der Waals surface area contributed by atoms with Crippen LogP contribution in [0.1, 0.15) is 11.5 Å². The maximum atomic E-state index is 9.75. The van der Waals surface area contributed by atoms with Crippen molar-refractivity contribution in [3.63, 3.8) is 0 Å². The molecular weight excluding hydrogens is 199 g/mol. The van der Waals surface area contributed by atoms with Gasteiger partial charge in [-0.3, -0.25) is 0 Å². The minimum absolute atomic E-state index is 0.988. The molecule has 1 aromatic heterocycles. The summed E-state index contributed by atoms with van der Waals surface area (Å²) in [5, 5.41) is 0. The first-order valence-corrected chi connectivity index (χ1v) is 3.76. The molecule has 1 rings (SSSR count). The van der Waals surface area contributed by atoms with Crippen LogP contribution in [0.2, 0.25) is 0 Å². The molecule has 0 aliphatic rings. The van der Waals surface area contributed by atoms with Gasteiger partial charge in [0.05, 0.1) is 0 Å². The monoisotopic (exact) mass is 209 g/mol. The minimum atomic E-state index is -6.00. The molecule has 0 unspecified atom stereocenters. The maximum absolute atomic E-state index is 9.75. The molecule has 1 heterocycles. The van der Waals surface area contributed by atoms with Crippen molar-refractivity contribution in [2.75, 3.05) is 0 Å². The second-order valence-electron chi connectivity index (χ2n) is 2.49. The zero-order valence-electron chi connectivity index (χ0n) is 7.85. The van der Waals surface area contributed by atoms with Gasteiger partial charge in [-0.2, -0.15) is 0 Å². The SMILES string of the molecule is C=Cn1c(C)cnc1C.F[B-](F)(F)F. The van der Waals surface area contributed by atoms with Crippen LogP contribution in [-0.2, 0) is 0 Å². The lowest BCUT2D eigenvalue weighted by molar-refractivity contribution is 0.368.